The van der Waals surface area contributed by atoms with E-state index in [0.29, 0.717) is 22.1 Å². The van der Waals surface area contributed by atoms with Gasteiger partial charge in [-0.1, -0.05) is 18.5 Å². The van der Waals surface area contributed by atoms with E-state index in [4.69, 9.17) is 21.1 Å². The Balaban J connectivity index is 1.89. The highest BCUT2D eigenvalue weighted by Gasteiger charge is 2.35. The summed E-state index contributed by atoms with van der Waals surface area (Å²) in [4.78, 5) is 15.5. The van der Waals surface area contributed by atoms with E-state index in [1.807, 2.05) is 35.4 Å². The van der Waals surface area contributed by atoms with Crippen molar-refractivity contribution in [3.05, 3.63) is 71.0 Å². The fourth-order valence-corrected chi connectivity index (χ4v) is 3.99. The van der Waals surface area contributed by atoms with Crippen LogP contribution in [0.3, 0.4) is 0 Å². The molecule has 1 aliphatic heterocycles. The summed E-state index contributed by atoms with van der Waals surface area (Å²) in [5, 5.41) is 0.587. The number of benzene rings is 2. The molecule has 1 aromatic heterocycles. The number of hydrogen-bond acceptors (Lipinski definition) is 3. The number of fused-ring (bicyclic) bond motifs is 3. The molecule has 144 valence electrons. The maximum Gasteiger partial charge on any atom is 0.262 e. The molecule has 0 saturated heterocycles. The molecule has 1 aliphatic rings. The summed E-state index contributed by atoms with van der Waals surface area (Å²) < 4.78 is 12.9. The van der Waals surface area contributed by atoms with Crippen LogP contribution in [0.2, 0.25) is 5.02 Å². The number of carbonyl (C=O) groups excluding carboxylic acids is 1. The smallest absolute Gasteiger partial charge is 0.262 e. The average molecular weight is 397 g/mol. The monoisotopic (exact) mass is 396 g/mol. The number of aromatic nitrogens is 1. The third-order valence-electron chi connectivity index (χ3n) is 5.13. The predicted octanol–water partition coefficient (Wildman–Crippen LogP) is 5.26. The van der Waals surface area contributed by atoms with Crippen LogP contribution in [0.5, 0.6) is 11.5 Å². The van der Waals surface area contributed by atoms with Crippen LogP contribution in [0.15, 0.2) is 54.7 Å². The van der Waals surface area contributed by atoms with Gasteiger partial charge >= 0.3 is 0 Å². The molecule has 0 N–H and O–H groups in total. The lowest BCUT2D eigenvalue weighted by atomic mass is 10.0. The Bertz CT molecular complexity index is 1040. The molecule has 2 heterocycles. The van der Waals surface area contributed by atoms with Gasteiger partial charge in [0.2, 0.25) is 0 Å². The van der Waals surface area contributed by atoms with Crippen molar-refractivity contribution in [2.24, 2.45) is 0 Å². The highest BCUT2D eigenvalue weighted by atomic mass is 35.5. The van der Waals surface area contributed by atoms with Crippen molar-refractivity contribution >= 4 is 23.2 Å². The van der Waals surface area contributed by atoms with E-state index >= 15 is 0 Å². The zero-order chi connectivity index (χ0) is 19.8. The molecule has 0 saturated carbocycles. The van der Waals surface area contributed by atoms with Gasteiger partial charge in [-0.05, 0) is 48.9 Å². The lowest BCUT2D eigenvalue weighted by Gasteiger charge is -2.38. The predicted molar refractivity (Wildman–Crippen MR) is 110 cm³/mol. The van der Waals surface area contributed by atoms with E-state index < -0.39 is 0 Å². The van der Waals surface area contributed by atoms with Crippen molar-refractivity contribution in [1.29, 1.82) is 0 Å². The van der Waals surface area contributed by atoms with Crippen molar-refractivity contribution in [3.63, 3.8) is 0 Å². The number of methoxy groups -OCH3 is 2. The Hall–Kier alpha value is -2.92. The molecule has 6 heteroatoms. The summed E-state index contributed by atoms with van der Waals surface area (Å²) in [7, 11) is 3.13. The second-order valence-corrected chi connectivity index (χ2v) is 7.04. The van der Waals surface area contributed by atoms with Gasteiger partial charge in [-0.15, -0.1) is 0 Å². The zero-order valence-electron chi connectivity index (χ0n) is 16.0. The van der Waals surface area contributed by atoms with Crippen molar-refractivity contribution in [2.75, 3.05) is 19.1 Å². The lowest BCUT2D eigenvalue weighted by Crippen LogP contribution is -2.39. The van der Waals surface area contributed by atoms with E-state index in [1.165, 1.54) is 0 Å². The summed E-state index contributed by atoms with van der Waals surface area (Å²) in [5.74, 6) is 0.975. The van der Waals surface area contributed by atoms with E-state index in [-0.39, 0.29) is 11.9 Å². The number of amides is 1. The van der Waals surface area contributed by atoms with Crippen LogP contribution in [-0.4, -0.2) is 24.7 Å². The molecule has 28 heavy (non-hydrogen) atoms. The standard InChI is InChI=1S/C22H21ClN2O3/c1-4-17-18-6-5-11-24(18)19-10-7-14(23)12-20(19)25(17)22(26)16-9-8-15(27-2)13-21(16)28-3/h5-13,17H,4H2,1-3H3. The second kappa shape index (κ2) is 7.24. The third kappa shape index (κ3) is 2.83. The van der Waals surface area contributed by atoms with Gasteiger partial charge in [-0.25, -0.2) is 0 Å². The topological polar surface area (TPSA) is 43.7 Å². The summed E-state index contributed by atoms with van der Waals surface area (Å²) >= 11 is 6.29. The molecular formula is C22H21ClN2O3. The van der Waals surface area contributed by atoms with Crippen LogP contribution < -0.4 is 14.4 Å². The third-order valence-corrected chi connectivity index (χ3v) is 5.37. The highest BCUT2D eigenvalue weighted by molar-refractivity contribution is 6.31. The molecule has 0 radical (unpaired) electrons. The molecule has 1 unspecified atom stereocenters. The van der Waals surface area contributed by atoms with E-state index in [9.17, 15) is 4.79 Å². The first kappa shape index (κ1) is 18.4. The van der Waals surface area contributed by atoms with Crippen molar-refractivity contribution < 1.29 is 14.3 Å². The minimum absolute atomic E-state index is 0.111. The number of halogens is 1. The first-order valence-corrected chi connectivity index (χ1v) is 9.49. The minimum atomic E-state index is -0.137. The van der Waals surface area contributed by atoms with Crippen molar-refractivity contribution in [2.45, 2.75) is 19.4 Å². The summed E-state index contributed by atoms with van der Waals surface area (Å²) in [6.07, 6.45) is 2.78. The summed E-state index contributed by atoms with van der Waals surface area (Å²) in [5.41, 5.74) is 3.26. The summed E-state index contributed by atoms with van der Waals surface area (Å²) in [6.45, 7) is 2.07. The van der Waals surface area contributed by atoms with Crippen LogP contribution in [-0.2, 0) is 0 Å². The van der Waals surface area contributed by atoms with Gasteiger partial charge in [-0.2, -0.15) is 0 Å². The number of rotatable bonds is 4. The first-order chi connectivity index (χ1) is 13.6. The number of hydrogen-bond donors (Lipinski definition) is 0. The molecular weight excluding hydrogens is 376 g/mol. The minimum Gasteiger partial charge on any atom is -0.497 e. The largest absolute Gasteiger partial charge is 0.497 e. The first-order valence-electron chi connectivity index (χ1n) is 9.11. The number of ether oxygens (including phenoxy) is 2. The second-order valence-electron chi connectivity index (χ2n) is 6.60. The van der Waals surface area contributed by atoms with Crippen LogP contribution in [0.25, 0.3) is 5.69 Å². The zero-order valence-corrected chi connectivity index (χ0v) is 16.7. The Morgan fingerprint density at radius 2 is 1.89 bits per heavy atom. The Kier molecular flexibility index (Phi) is 4.77. The van der Waals surface area contributed by atoms with Crippen molar-refractivity contribution in [3.8, 4) is 17.2 Å². The molecule has 5 nitrogen and oxygen atoms in total. The van der Waals surface area contributed by atoms with Gasteiger partial charge in [0, 0.05) is 23.0 Å². The summed E-state index contributed by atoms with van der Waals surface area (Å²) in [6, 6.07) is 14.8. The van der Waals surface area contributed by atoms with Crippen LogP contribution in [0.1, 0.15) is 35.4 Å². The fraction of sp³-hybridized carbons (Fsp3) is 0.227. The van der Waals surface area contributed by atoms with E-state index in [1.54, 1.807) is 32.4 Å². The maximum absolute atomic E-state index is 13.7. The van der Waals surface area contributed by atoms with Gasteiger partial charge in [0.15, 0.2) is 0 Å². The van der Waals surface area contributed by atoms with Crippen LogP contribution in [0.4, 0.5) is 5.69 Å². The van der Waals surface area contributed by atoms with E-state index in [2.05, 4.69) is 17.6 Å². The highest BCUT2D eigenvalue weighted by Crippen LogP contribution is 2.43. The lowest BCUT2D eigenvalue weighted by molar-refractivity contribution is 0.0970. The van der Waals surface area contributed by atoms with Crippen LogP contribution >= 0.6 is 11.6 Å². The molecule has 1 amide bonds. The Morgan fingerprint density at radius 1 is 1.07 bits per heavy atom. The Labute approximate surface area is 169 Å². The average Bonchev–Trinajstić information content (AvgIpc) is 3.21. The molecule has 0 spiro atoms. The molecule has 4 rings (SSSR count). The SMILES string of the molecule is CCC1c2cccn2-c2ccc(Cl)cc2N1C(=O)c1ccc(OC)cc1OC. The molecule has 1 atom stereocenters. The van der Waals surface area contributed by atoms with Gasteiger partial charge in [-0.3, -0.25) is 9.69 Å². The van der Waals surface area contributed by atoms with Crippen LogP contribution in [0, 0.1) is 0 Å². The normalized spacial score (nSPS) is 15.0. The number of carbonyl (C=O) groups is 1. The molecule has 0 aliphatic carbocycles. The molecule has 0 fully saturated rings. The van der Waals surface area contributed by atoms with E-state index in [0.717, 1.165) is 23.5 Å². The van der Waals surface area contributed by atoms with Crippen molar-refractivity contribution in [1.82, 2.24) is 4.57 Å². The van der Waals surface area contributed by atoms with Gasteiger partial charge in [0.05, 0.1) is 37.2 Å². The molecule has 3 aromatic rings. The van der Waals surface area contributed by atoms with Gasteiger partial charge in [0.25, 0.3) is 5.91 Å². The fourth-order valence-electron chi connectivity index (χ4n) is 3.83. The quantitative estimate of drug-likeness (QED) is 0.604. The Morgan fingerprint density at radius 3 is 2.61 bits per heavy atom. The molecule has 2 aromatic carbocycles. The van der Waals surface area contributed by atoms with Gasteiger partial charge in [0.1, 0.15) is 11.5 Å². The van der Waals surface area contributed by atoms with Gasteiger partial charge < -0.3 is 14.0 Å². The number of anilines is 1. The maximum atomic E-state index is 13.7. The number of nitrogens with zero attached hydrogens (tertiary/aromatic N) is 2. The molecule has 0 bridgehead atoms.